The minimum Gasteiger partial charge on any atom is -0.474 e. The third-order valence-electron chi connectivity index (χ3n) is 9.84. The maximum atomic E-state index is 14.9. The second kappa shape index (κ2) is 13.5. The summed E-state index contributed by atoms with van der Waals surface area (Å²) in [4.78, 5) is 52.4. The Labute approximate surface area is 288 Å². The molecule has 1 aliphatic heterocycles. The Hall–Kier alpha value is -3.43. The summed E-state index contributed by atoms with van der Waals surface area (Å²) in [5.74, 6) is -3.45. The lowest BCUT2D eigenvalue weighted by molar-refractivity contribution is -0.140. The molecular weight excluding hydrogens is 707 g/mol. The molecule has 12 nitrogen and oxygen atoms in total. The third-order valence-corrected chi connectivity index (χ3v) is 11.7. The first-order valence-electron chi connectivity index (χ1n) is 16.3. The van der Waals surface area contributed by atoms with Crippen LogP contribution in [0, 0.1) is 23.6 Å². The number of benzene rings is 1. The molecule has 4 aliphatic rings. The van der Waals surface area contributed by atoms with E-state index < -0.39 is 57.2 Å². The second-order valence-corrected chi connectivity index (χ2v) is 16.2. The number of halogens is 2. The van der Waals surface area contributed by atoms with Gasteiger partial charge in [-0.15, -0.1) is 0 Å². The number of rotatable bonds is 6. The molecule has 3 amide bonds. The summed E-state index contributed by atoms with van der Waals surface area (Å²) in [6, 6.07) is 4.55. The topological polar surface area (TPSA) is 151 Å². The molecule has 0 radical (unpaired) electrons. The Morgan fingerprint density at radius 1 is 1.15 bits per heavy atom. The number of hydrogen-bond donors (Lipinski definition) is 2. The predicted molar refractivity (Wildman–Crippen MR) is 178 cm³/mol. The normalized spacial score (nSPS) is 28.2. The summed E-state index contributed by atoms with van der Waals surface area (Å²) >= 11 is 3.39. The summed E-state index contributed by atoms with van der Waals surface area (Å²) in [5, 5.41) is 2.87. The van der Waals surface area contributed by atoms with Crippen LogP contribution in [-0.2, 0) is 37.4 Å². The molecule has 258 valence electrons. The van der Waals surface area contributed by atoms with Gasteiger partial charge in [-0.05, 0) is 76.0 Å². The van der Waals surface area contributed by atoms with Crippen LogP contribution in [0.3, 0.4) is 0 Å². The van der Waals surface area contributed by atoms with E-state index in [0.717, 1.165) is 41.2 Å². The minimum atomic E-state index is -4.11. The minimum absolute atomic E-state index is 0.170. The average molecular weight is 748 g/mol. The number of hydrogen-bond acceptors (Lipinski definition) is 8. The number of carbonyl (C=O) groups is 3. The number of nitrogens with one attached hydrogen (secondary N) is 2. The number of amides is 3. The van der Waals surface area contributed by atoms with Gasteiger partial charge in [0.15, 0.2) is 5.82 Å². The van der Waals surface area contributed by atoms with Gasteiger partial charge in [0.05, 0.1) is 23.1 Å². The van der Waals surface area contributed by atoms with Crippen molar-refractivity contribution < 1.29 is 31.9 Å². The van der Waals surface area contributed by atoms with Crippen molar-refractivity contribution >= 4 is 43.9 Å². The highest BCUT2D eigenvalue weighted by Crippen LogP contribution is 2.47. The van der Waals surface area contributed by atoms with Gasteiger partial charge < -0.3 is 15.0 Å². The molecule has 2 N–H and O–H groups in total. The molecule has 1 aromatic carbocycles. The summed E-state index contributed by atoms with van der Waals surface area (Å²) in [7, 11) is 0.227. The van der Waals surface area contributed by atoms with E-state index in [1.165, 1.54) is 20.2 Å². The largest absolute Gasteiger partial charge is 0.474 e. The Bertz CT molecular complexity index is 1770. The van der Waals surface area contributed by atoms with Gasteiger partial charge in [-0.3, -0.25) is 14.4 Å². The zero-order valence-corrected chi connectivity index (χ0v) is 29.6. The maximum Gasteiger partial charge on any atom is 0.303 e. The van der Waals surface area contributed by atoms with Crippen LogP contribution in [0.25, 0.3) is 11.4 Å². The number of carbonyl (C=O) groups excluding carboxylic acids is 3. The number of aryl methyl sites for hydroxylation is 1. The lowest BCUT2D eigenvalue weighted by Gasteiger charge is -2.27. The first-order valence-corrected chi connectivity index (χ1v) is 18.5. The molecule has 15 heteroatoms. The number of nitrogens with zero attached hydrogens (tertiary/aromatic N) is 4. The summed E-state index contributed by atoms with van der Waals surface area (Å²) in [5.41, 5.74) is 0.390. The Balaban J connectivity index is 1.30. The lowest BCUT2D eigenvalue weighted by Crippen LogP contribution is -2.55. The highest BCUT2D eigenvalue weighted by molar-refractivity contribution is 9.10. The third kappa shape index (κ3) is 6.86. The van der Waals surface area contributed by atoms with E-state index in [9.17, 15) is 27.2 Å². The quantitative estimate of drug-likeness (QED) is 0.428. The number of aromatic nitrogens is 2. The van der Waals surface area contributed by atoms with E-state index in [4.69, 9.17) is 4.74 Å². The molecule has 2 saturated carbocycles. The monoisotopic (exact) mass is 746 g/mol. The fourth-order valence-electron chi connectivity index (χ4n) is 6.95. The van der Waals surface area contributed by atoms with Crippen molar-refractivity contribution in [1.29, 1.82) is 0 Å². The molecule has 2 heterocycles. The molecular formula is C33H40BrFN6O6S. The maximum absolute atomic E-state index is 14.9. The molecule has 5 unspecified atom stereocenters. The van der Waals surface area contributed by atoms with Crippen molar-refractivity contribution in [3.63, 3.8) is 0 Å². The smallest absolute Gasteiger partial charge is 0.303 e. The van der Waals surface area contributed by atoms with Gasteiger partial charge in [-0.1, -0.05) is 28.1 Å². The van der Waals surface area contributed by atoms with E-state index >= 15 is 0 Å². The summed E-state index contributed by atoms with van der Waals surface area (Å²) in [6.45, 7) is 0.530. The van der Waals surface area contributed by atoms with E-state index in [1.54, 1.807) is 24.1 Å². The van der Waals surface area contributed by atoms with Gasteiger partial charge in [-0.25, -0.2) is 14.1 Å². The average Bonchev–Trinajstić information content (AvgIpc) is 3.33. The lowest BCUT2D eigenvalue weighted by atomic mass is 9.93. The van der Waals surface area contributed by atoms with E-state index in [-0.39, 0.29) is 36.6 Å². The number of ether oxygens (including phenoxy) is 1. The molecule has 2 aromatic rings. The Morgan fingerprint density at radius 3 is 2.69 bits per heavy atom. The fraction of sp³-hybridized carbons (Fsp3) is 0.545. The van der Waals surface area contributed by atoms with Crippen LogP contribution in [-0.4, -0.2) is 84.6 Å². The van der Waals surface area contributed by atoms with Crippen LogP contribution in [0.5, 0.6) is 5.88 Å². The zero-order valence-electron chi connectivity index (χ0n) is 27.2. The summed E-state index contributed by atoms with van der Waals surface area (Å²) in [6.07, 6.45) is 8.39. The molecule has 1 aromatic heterocycles. The van der Waals surface area contributed by atoms with E-state index in [1.807, 2.05) is 12.2 Å². The Kier molecular flexibility index (Phi) is 9.66. The Morgan fingerprint density at radius 2 is 1.92 bits per heavy atom. The SMILES string of the molecule is CN1CCCC/C=C/C2CC2(C(=O)NS(=O)(=O)N(C)C)NC(=O)C2CC(Oc3nc(-c4cc(Br)ccc4F)nc4c3CCC4)CC2C1=O. The molecule has 6 rings (SSSR count). The standard InChI is InChI=1S/C33H40BrFN6O6S/c1-40(2)48(45,46)39-32(44)33-18-19(33)9-6-4-5-7-14-41(3)31(43)24-17-21(16-23(24)29(42)38-33)47-30-22-10-8-11-27(22)36-28(37-30)25-15-20(34)12-13-26(25)35/h6,9,12-13,15,19,21,23-24H,4-5,7-8,10-11,14,16-18H2,1-3H3,(H,38,42)(H,39,44)/b9-6+. The molecule has 2 fully saturated rings. The van der Waals surface area contributed by atoms with Crippen LogP contribution >= 0.6 is 15.9 Å². The second-order valence-electron chi connectivity index (χ2n) is 13.4. The van der Waals surface area contributed by atoms with Crippen molar-refractivity contribution in [2.75, 3.05) is 27.7 Å². The van der Waals surface area contributed by atoms with E-state index in [2.05, 4.69) is 35.9 Å². The van der Waals surface area contributed by atoms with Crippen LogP contribution in [0.4, 0.5) is 4.39 Å². The van der Waals surface area contributed by atoms with Crippen LogP contribution in [0.1, 0.15) is 56.2 Å². The van der Waals surface area contributed by atoms with Crippen LogP contribution < -0.4 is 14.8 Å². The van der Waals surface area contributed by atoms with Crippen molar-refractivity contribution in [2.24, 2.45) is 17.8 Å². The van der Waals surface area contributed by atoms with Gasteiger partial charge in [0.1, 0.15) is 17.5 Å². The number of fused-ring (bicyclic) bond motifs is 3. The number of allylic oxidation sites excluding steroid dienone is 1. The predicted octanol–water partition coefficient (Wildman–Crippen LogP) is 3.30. The van der Waals surface area contributed by atoms with Crippen molar-refractivity contribution in [3.8, 4) is 17.3 Å². The molecule has 0 saturated heterocycles. The fourth-order valence-corrected chi connectivity index (χ4v) is 7.91. The first kappa shape index (κ1) is 34.4. The molecule has 0 spiro atoms. The van der Waals surface area contributed by atoms with Gasteiger partial charge in [-0.2, -0.15) is 17.7 Å². The van der Waals surface area contributed by atoms with Crippen LogP contribution in [0.15, 0.2) is 34.8 Å². The van der Waals surface area contributed by atoms with Gasteiger partial charge in [0.2, 0.25) is 17.7 Å². The van der Waals surface area contributed by atoms with Gasteiger partial charge in [0, 0.05) is 43.6 Å². The summed E-state index contributed by atoms with van der Waals surface area (Å²) < 4.78 is 50.2. The molecule has 5 atom stereocenters. The van der Waals surface area contributed by atoms with Crippen LogP contribution in [0.2, 0.25) is 0 Å². The zero-order chi connectivity index (χ0) is 34.4. The van der Waals surface area contributed by atoms with Gasteiger partial charge >= 0.3 is 10.2 Å². The molecule has 48 heavy (non-hydrogen) atoms. The first-order chi connectivity index (χ1) is 22.8. The molecule has 3 aliphatic carbocycles. The van der Waals surface area contributed by atoms with Crippen molar-refractivity contribution in [1.82, 2.24) is 29.2 Å². The molecule has 0 bridgehead atoms. The van der Waals surface area contributed by atoms with Crippen molar-refractivity contribution in [2.45, 2.75) is 69.4 Å². The van der Waals surface area contributed by atoms with Gasteiger partial charge in [0.25, 0.3) is 5.91 Å². The van der Waals surface area contributed by atoms with E-state index in [0.29, 0.717) is 29.7 Å². The highest BCUT2D eigenvalue weighted by Gasteiger charge is 2.62. The van der Waals surface area contributed by atoms with Crippen molar-refractivity contribution in [3.05, 3.63) is 51.9 Å². The highest BCUT2D eigenvalue weighted by atomic mass is 79.9.